The van der Waals surface area contributed by atoms with E-state index < -0.39 is 46.0 Å². The molecule has 43 heavy (non-hydrogen) atoms. The van der Waals surface area contributed by atoms with Crippen LogP contribution in [0.25, 0.3) is 0 Å². The number of amides is 2. The highest BCUT2D eigenvalue weighted by molar-refractivity contribution is 14.1. The Morgan fingerprint density at radius 2 is 1.72 bits per heavy atom. The summed E-state index contributed by atoms with van der Waals surface area (Å²) in [5.74, 6) is -2.58. The van der Waals surface area contributed by atoms with Gasteiger partial charge >= 0.3 is 6.09 Å². The quantitative estimate of drug-likeness (QED) is 0.187. The monoisotopic (exact) mass is 1030 g/mol. The lowest BCUT2D eigenvalue weighted by Gasteiger charge is -2.54. The minimum atomic E-state index is -2.06. The van der Waals surface area contributed by atoms with Gasteiger partial charge in [-0.15, -0.1) is 0 Å². The van der Waals surface area contributed by atoms with Crippen LogP contribution in [0.5, 0.6) is 11.5 Å². The van der Waals surface area contributed by atoms with Gasteiger partial charge < -0.3 is 19.7 Å². The van der Waals surface area contributed by atoms with E-state index in [0.717, 1.165) is 5.56 Å². The SMILES string of the molecule is [B][C@]12CC(OI)=C(C(N)=O)C(=O)[C@@]1(OI)C(OI)=C1C(=O)c3c(ccc(NC(=O)Oc4ccc(C)cc4)c3OI)CC1C2. The number of carbonyl (C=O) groups excluding carboxylic acids is 4. The Kier molecular flexibility index (Phi) is 9.61. The molecule has 0 aromatic heterocycles. The molecule has 5 rings (SSSR count). The number of nitrogens with two attached hydrogens (primary N) is 1. The molecule has 2 radical (unpaired) electrons. The number of rotatable bonds is 7. The first kappa shape index (κ1) is 32.7. The van der Waals surface area contributed by atoms with Gasteiger partial charge in [0.25, 0.3) is 5.91 Å². The molecule has 0 bridgehead atoms. The van der Waals surface area contributed by atoms with Crippen molar-refractivity contribution in [1.82, 2.24) is 0 Å². The van der Waals surface area contributed by atoms with Crippen LogP contribution in [-0.2, 0) is 25.2 Å². The molecule has 2 amide bonds. The molecule has 3 aliphatic rings. The van der Waals surface area contributed by atoms with Gasteiger partial charge in [-0.2, -0.15) is 0 Å². The number of allylic oxidation sites excluding steroid dienone is 2. The molecule has 3 atom stereocenters. The van der Waals surface area contributed by atoms with Crippen molar-refractivity contribution in [1.29, 1.82) is 0 Å². The second-order valence-electron chi connectivity index (χ2n) is 10.3. The molecule has 3 aliphatic carbocycles. The zero-order chi connectivity index (χ0) is 31.3. The average molecular weight is 1030 g/mol. The van der Waals surface area contributed by atoms with Gasteiger partial charge in [0, 0.05) is 12.0 Å². The number of Topliss-reactive ketones (excluding diaryl/α,β-unsaturated/α-hetero) is 2. The van der Waals surface area contributed by atoms with Crippen LogP contribution in [0.15, 0.2) is 59.1 Å². The fourth-order valence-corrected chi connectivity index (χ4v) is 8.20. The van der Waals surface area contributed by atoms with E-state index in [1.807, 2.05) is 6.92 Å². The molecule has 0 saturated carbocycles. The highest BCUT2D eigenvalue weighted by Crippen LogP contribution is 2.64. The van der Waals surface area contributed by atoms with E-state index in [9.17, 15) is 19.2 Å². The Balaban J connectivity index is 1.61. The number of benzene rings is 2. The fraction of sp³-hybridized carbons (Fsp3) is 0.259. The second-order valence-corrected chi connectivity index (χ2v) is 12.1. The van der Waals surface area contributed by atoms with Gasteiger partial charge in [-0.1, -0.05) is 23.8 Å². The Labute approximate surface area is 303 Å². The van der Waals surface area contributed by atoms with E-state index in [4.69, 9.17) is 30.6 Å². The lowest BCUT2D eigenvalue weighted by Crippen LogP contribution is -2.61. The minimum Gasteiger partial charge on any atom is -0.431 e. The summed E-state index contributed by atoms with van der Waals surface area (Å²) in [6, 6.07) is 10.3. The normalized spacial score (nSPS) is 24.4. The van der Waals surface area contributed by atoms with Crippen molar-refractivity contribution in [3.8, 4) is 11.5 Å². The van der Waals surface area contributed by atoms with Crippen molar-refractivity contribution in [2.75, 3.05) is 5.32 Å². The van der Waals surface area contributed by atoms with E-state index in [2.05, 4.69) is 5.32 Å². The summed E-state index contributed by atoms with van der Waals surface area (Å²) in [5.41, 5.74) is 5.24. The molecule has 2 aromatic rings. The largest absolute Gasteiger partial charge is 0.431 e. The molecule has 16 heteroatoms. The molecule has 0 fully saturated rings. The zero-order valence-corrected chi connectivity index (χ0v) is 30.6. The maximum Gasteiger partial charge on any atom is 0.417 e. The third kappa shape index (κ3) is 5.35. The molecule has 0 saturated heterocycles. The van der Waals surface area contributed by atoms with Crippen LogP contribution in [-0.4, -0.2) is 37.0 Å². The molecule has 1 unspecified atom stereocenters. The topological polar surface area (TPSA) is 152 Å². The van der Waals surface area contributed by atoms with Gasteiger partial charge in [-0.25, -0.2) is 4.79 Å². The van der Waals surface area contributed by atoms with Gasteiger partial charge in [0.2, 0.25) is 5.78 Å². The Bertz CT molecular complexity index is 1630. The lowest BCUT2D eigenvalue weighted by atomic mass is 9.44. The van der Waals surface area contributed by atoms with Crippen LogP contribution in [0.4, 0.5) is 10.5 Å². The molecular weight excluding hydrogens is 1010 g/mol. The van der Waals surface area contributed by atoms with Crippen molar-refractivity contribution >= 4 is 129 Å². The maximum atomic E-state index is 14.3. The first-order valence-electron chi connectivity index (χ1n) is 12.5. The zero-order valence-electron chi connectivity index (χ0n) is 22.0. The summed E-state index contributed by atoms with van der Waals surface area (Å²) >= 11 is 6.28. The highest BCUT2D eigenvalue weighted by Gasteiger charge is 2.68. The number of nitrogens with one attached hydrogen (secondary N) is 1. The van der Waals surface area contributed by atoms with Crippen molar-refractivity contribution in [3.05, 3.63) is 75.8 Å². The van der Waals surface area contributed by atoms with Crippen LogP contribution in [0, 0.1) is 12.8 Å². The smallest absolute Gasteiger partial charge is 0.417 e. The summed E-state index contributed by atoms with van der Waals surface area (Å²) in [6.45, 7) is 1.91. The van der Waals surface area contributed by atoms with Crippen LogP contribution in [0.3, 0.4) is 0 Å². The first-order chi connectivity index (χ1) is 20.5. The second kappa shape index (κ2) is 12.6. The molecule has 3 N–H and O–H groups in total. The van der Waals surface area contributed by atoms with E-state index in [0.29, 0.717) is 17.7 Å². The molecular formula is C27H19BI4N2O9. The summed E-state index contributed by atoms with van der Waals surface area (Å²) in [4.78, 5) is 53.5. The van der Waals surface area contributed by atoms with Crippen LogP contribution >= 0.6 is 92.0 Å². The van der Waals surface area contributed by atoms with E-state index in [1.54, 1.807) is 105 Å². The standard InChI is InChI=1S/C27H19BI4N2O9/c1-11-2-5-14(6-3-11)39-25(38)34-15-7-4-12-8-13-9-26(28)10-16(40-29)19(24(33)37)22(36)27(26,43-32)23(42-31)18(13)20(35)17(12)21(15)41-30/h2-7,13H,8-10H2,1H3,(H2,33,37)(H,34,38)/t13?,26-,27-/m1/s1. The van der Waals surface area contributed by atoms with Crippen LogP contribution < -0.4 is 18.9 Å². The first-order valence-corrected chi connectivity index (χ1v) is 16.0. The number of hydrogen-bond donors (Lipinski definition) is 2. The minimum absolute atomic E-state index is 0.0253. The number of hydrogen-bond acceptors (Lipinski definition) is 9. The number of ether oxygens (including phenoxy) is 1. The van der Waals surface area contributed by atoms with E-state index in [1.165, 1.54) is 23.0 Å². The van der Waals surface area contributed by atoms with Crippen LogP contribution in [0.1, 0.15) is 34.3 Å². The molecule has 11 nitrogen and oxygen atoms in total. The number of carbonyl (C=O) groups is 4. The van der Waals surface area contributed by atoms with Gasteiger partial charge in [0.1, 0.15) is 40.1 Å². The third-order valence-corrected chi connectivity index (χ3v) is 9.92. The van der Waals surface area contributed by atoms with Crippen molar-refractivity contribution in [3.63, 3.8) is 0 Å². The Hall–Kier alpha value is -1.66. The predicted molar refractivity (Wildman–Crippen MR) is 187 cm³/mol. The average Bonchev–Trinajstić information content (AvgIpc) is 2.96. The van der Waals surface area contributed by atoms with Gasteiger partial charge in [-0.3, -0.25) is 22.8 Å². The van der Waals surface area contributed by atoms with E-state index in [-0.39, 0.29) is 46.9 Å². The summed E-state index contributed by atoms with van der Waals surface area (Å²) in [6.07, 6.45) is -0.418. The number of halogens is 4. The molecule has 2 aromatic carbocycles. The number of anilines is 1. The Morgan fingerprint density at radius 3 is 2.30 bits per heavy atom. The highest BCUT2D eigenvalue weighted by atomic mass is 127. The van der Waals surface area contributed by atoms with Crippen molar-refractivity contribution in [2.45, 2.75) is 37.1 Å². The van der Waals surface area contributed by atoms with Gasteiger partial charge in [-0.05, 0) is 54.8 Å². The van der Waals surface area contributed by atoms with Crippen molar-refractivity contribution < 1.29 is 36.2 Å². The maximum absolute atomic E-state index is 14.3. The number of fused-ring (bicyclic) bond motifs is 3. The van der Waals surface area contributed by atoms with Gasteiger partial charge in [0.05, 0.1) is 19.1 Å². The molecule has 0 heterocycles. The summed E-state index contributed by atoms with van der Waals surface area (Å²) in [5, 5.41) is 1.18. The molecule has 0 aliphatic heterocycles. The molecule has 0 spiro atoms. The predicted octanol–water partition coefficient (Wildman–Crippen LogP) is 6.23. The third-order valence-electron chi connectivity index (χ3n) is 7.85. The van der Waals surface area contributed by atoms with E-state index >= 15 is 0 Å². The Morgan fingerprint density at radius 1 is 1.02 bits per heavy atom. The number of ketones is 2. The van der Waals surface area contributed by atoms with Gasteiger partial charge in [0.15, 0.2) is 91.9 Å². The summed E-state index contributed by atoms with van der Waals surface area (Å²) in [7, 11) is 6.94. The summed E-state index contributed by atoms with van der Waals surface area (Å²) < 4.78 is 27.9. The fourth-order valence-electron chi connectivity index (χ4n) is 5.98. The molecule has 222 valence electrons. The lowest BCUT2D eigenvalue weighted by molar-refractivity contribution is -0.135. The number of primary amides is 1. The van der Waals surface area contributed by atoms with Crippen molar-refractivity contribution in [2.24, 2.45) is 11.7 Å². The van der Waals surface area contributed by atoms with Crippen LogP contribution in [0.2, 0.25) is 5.31 Å². The number of aryl methyl sites for hydroxylation is 1.